The number of fused-ring (bicyclic) bond motifs is 1. The van der Waals surface area contributed by atoms with Crippen LogP contribution in [-0.2, 0) is 5.97 Å². The second-order valence-corrected chi connectivity index (χ2v) is 6.40. The Kier molecular flexibility index (Phi) is 5.98. The summed E-state index contributed by atoms with van der Waals surface area (Å²) in [7, 11) is 0. The quantitative estimate of drug-likeness (QED) is 0.388. The van der Waals surface area contributed by atoms with E-state index in [0.717, 1.165) is 22.3 Å². The average Bonchev–Trinajstić information content (AvgIpc) is 3.18. The van der Waals surface area contributed by atoms with Gasteiger partial charge in [-0.15, -0.1) is 0 Å². The van der Waals surface area contributed by atoms with Crippen LogP contribution in [0, 0.1) is 0 Å². The monoisotopic (exact) mass is 404 g/mol. The van der Waals surface area contributed by atoms with E-state index in [9.17, 15) is 15.3 Å². The molecule has 0 saturated heterocycles. The Morgan fingerprint density at radius 2 is 1.67 bits per heavy atom. The average molecular weight is 404 g/mol. The van der Waals surface area contributed by atoms with E-state index in [1.165, 1.54) is 6.07 Å². The van der Waals surface area contributed by atoms with E-state index in [0.29, 0.717) is 17.1 Å². The van der Waals surface area contributed by atoms with Gasteiger partial charge in [-0.25, -0.2) is 9.97 Å². The molecule has 4 rings (SSSR count). The van der Waals surface area contributed by atoms with Crippen molar-refractivity contribution < 1.29 is 15.3 Å². The Labute approximate surface area is 174 Å². The van der Waals surface area contributed by atoms with Gasteiger partial charge in [-0.1, -0.05) is 50.8 Å². The lowest BCUT2D eigenvalue weighted by Crippen LogP contribution is -2.25. The van der Waals surface area contributed by atoms with Gasteiger partial charge in [-0.3, -0.25) is 4.40 Å². The van der Waals surface area contributed by atoms with Crippen molar-refractivity contribution in [2.75, 3.05) is 0 Å². The molecule has 3 aromatic heterocycles. The predicted octanol–water partition coefficient (Wildman–Crippen LogP) is 3.11. The first kappa shape index (κ1) is 21.2. The van der Waals surface area contributed by atoms with E-state index in [1.807, 2.05) is 60.8 Å². The number of hydrogen-bond acceptors (Lipinski definition) is 6. The third kappa shape index (κ3) is 4.08. The predicted molar refractivity (Wildman–Crippen MR) is 117 cm³/mol. The number of imidazole rings is 1. The molecule has 0 bridgehead atoms. The van der Waals surface area contributed by atoms with E-state index in [2.05, 4.69) is 16.5 Å². The summed E-state index contributed by atoms with van der Waals surface area (Å²) in [5.41, 5.74) is 10.5. The van der Waals surface area contributed by atoms with Gasteiger partial charge in [0.1, 0.15) is 11.3 Å². The fraction of sp³-hybridized carbons (Fsp3) is 0.130. The molecule has 0 amide bonds. The maximum Gasteiger partial charge on any atom is 0.322 e. The highest BCUT2D eigenvalue weighted by molar-refractivity contribution is 5.82. The molecular weight excluding hydrogens is 380 g/mol. The molecule has 0 saturated carbocycles. The normalized spacial score (nSPS) is 11.1. The Balaban J connectivity index is 0.00000124. The molecule has 7 heteroatoms. The summed E-state index contributed by atoms with van der Waals surface area (Å²) < 4.78 is 1.86. The molecule has 0 aliphatic rings. The van der Waals surface area contributed by atoms with Crippen molar-refractivity contribution in [3.05, 3.63) is 85.0 Å². The smallest absolute Gasteiger partial charge is 0.322 e. The van der Waals surface area contributed by atoms with Crippen molar-refractivity contribution >= 4 is 11.3 Å². The topological polar surface area (TPSA) is 117 Å². The van der Waals surface area contributed by atoms with Crippen LogP contribution < -0.4 is 5.73 Å². The zero-order chi connectivity index (χ0) is 21.9. The highest BCUT2D eigenvalue weighted by Crippen LogP contribution is 2.32. The number of nitrogens with two attached hydrogens (primary N) is 1. The van der Waals surface area contributed by atoms with Crippen molar-refractivity contribution in [1.29, 1.82) is 0 Å². The third-order valence-corrected chi connectivity index (χ3v) is 4.44. The Bertz CT molecular complexity index is 1190. The molecule has 0 aliphatic heterocycles. The second-order valence-electron chi connectivity index (χ2n) is 6.40. The minimum Gasteiger partial charge on any atom is -0.397 e. The van der Waals surface area contributed by atoms with Crippen molar-refractivity contribution in [3.63, 3.8) is 0 Å². The van der Waals surface area contributed by atoms with Crippen LogP contribution in [0.25, 0.3) is 33.7 Å². The van der Waals surface area contributed by atoms with Gasteiger partial charge >= 0.3 is 5.97 Å². The van der Waals surface area contributed by atoms with Gasteiger partial charge in [0.2, 0.25) is 0 Å². The molecule has 0 radical (unpaired) electrons. The number of nitrogens with zero attached hydrogens (tertiary/aromatic N) is 3. The molecular formula is C23H24N4O3. The summed E-state index contributed by atoms with van der Waals surface area (Å²) in [6.07, 6.45) is 3.58. The van der Waals surface area contributed by atoms with Crippen molar-refractivity contribution in [1.82, 2.24) is 14.4 Å². The number of aromatic nitrogens is 3. The fourth-order valence-electron chi connectivity index (χ4n) is 3.11. The first-order chi connectivity index (χ1) is 14.3. The van der Waals surface area contributed by atoms with Gasteiger partial charge in [-0.05, 0) is 35.4 Å². The van der Waals surface area contributed by atoms with E-state index in [-0.39, 0.29) is 5.69 Å². The van der Waals surface area contributed by atoms with Gasteiger partial charge in [-0.2, -0.15) is 0 Å². The van der Waals surface area contributed by atoms with Gasteiger partial charge in [0.25, 0.3) is 0 Å². The molecule has 5 N–H and O–H groups in total. The van der Waals surface area contributed by atoms with Crippen LogP contribution in [0.4, 0.5) is 0 Å². The first-order valence-corrected chi connectivity index (χ1v) is 9.51. The molecule has 0 atom stereocenters. The lowest BCUT2D eigenvalue weighted by molar-refractivity contribution is -0.326. The van der Waals surface area contributed by atoms with Crippen LogP contribution in [0.3, 0.4) is 0 Å². The molecule has 30 heavy (non-hydrogen) atoms. The molecule has 0 fully saturated rings. The Morgan fingerprint density at radius 1 is 0.967 bits per heavy atom. The summed E-state index contributed by atoms with van der Waals surface area (Å²) in [5.74, 6) is -3.00. The number of benzene rings is 1. The van der Waals surface area contributed by atoms with E-state index in [4.69, 9.17) is 5.73 Å². The molecule has 0 aliphatic carbocycles. The van der Waals surface area contributed by atoms with Crippen molar-refractivity contribution in [3.8, 4) is 22.4 Å². The zero-order valence-corrected chi connectivity index (χ0v) is 16.8. The molecule has 7 nitrogen and oxygen atoms in total. The van der Waals surface area contributed by atoms with Crippen LogP contribution in [-0.4, -0.2) is 29.7 Å². The Morgan fingerprint density at radius 3 is 2.33 bits per heavy atom. The van der Waals surface area contributed by atoms with Gasteiger partial charge in [0, 0.05) is 11.8 Å². The summed E-state index contributed by atoms with van der Waals surface area (Å²) in [6.45, 7) is 7.78. The van der Waals surface area contributed by atoms with Gasteiger partial charge in [0.15, 0.2) is 0 Å². The van der Waals surface area contributed by atoms with Crippen molar-refractivity contribution in [2.45, 2.75) is 19.8 Å². The molecule has 4 aromatic rings. The molecule has 1 aromatic carbocycles. The Hall–Kier alpha value is -3.52. The van der Waals surface area contributed by atoms with E-state index in [1.54, 1.807) is 18.3 Å². The lowest BCUT2D eigenvalue weighted by Gasteiger charge is -2.15. The summed E-state index contributed by atoms with van der Waals surface area (Å²) in [6, 6.07) is 16.0. The fourth-order valence-corrected chi connectivity index (χ4v) is 3.11. The van der Waals surface area contributed by atoms with Crippen LogP contribution in [0.1, 0.15) is 25.2 Å². The van der Waals surface area contributed by atoms with E-state index < -0.39 is 5.97 Å². The zero-order valence-electron chi connectivity index (χ0n) is 16.8. The summed E-state index contributed by atoms with van der Waals surface area (Å²) >= 11 is 0. The third-order valence-electron chi connectivity index (χ3n) is 4.44. The van der Waals surface area contributed by atoms with Crippen LogP contribution in [0.2, 0.25) is 0 Å². The molecule has 0 unspecified atom stereocenters. The van der Waals surface area contributed by atoms with Crippen LogP contribution in [0.5, 0.6) is 0 Å². The van der Waals surface area contributed by atoms with Crippen molar-refractivity contribution in [2.24, 2.45) is 5.73 Å². The minimum absolute atomic E-state index is 0.258. The number of rotatable bonds is 4. The number of aliphatic hydroxyl groups is 3. The SMILES string of the molecule is C=C(N)c1cnc2ccc(-c3ccccc3-c3cccc(C(O)(O)O)n3)cn12.CC. The minimum atomic E-state index is -3.00. The molecule has 154 valence electrons. The van der Waals surface area contributed by atoms with Gasteiger partial charge < -0.3 is 21.1 Å². The highest BCUT2D eigenvalue weighted by Gasteiger charge is 2.24. The second kappa shape index (κ2) is 8.46. The standard InChI is InChI=1S/C21H18N4O3.C2H6/c1-13(22)18-11-23-20-10-9-14(12-25(18)20)15-5-2-3-6-16(15)17-7-4-8-19(24-17)21(26,27)28;1-2/h2-12,26-28H,1,22H2;1-2H3. The number of hydrogen-bond donors (Lipinski definition) is 4. The summed E-state index contributed by atoms with van der Waals surface area (Å²) in [4.78, 5) is 8.52. The molecule has 0 spiro atoms. The van der Waals surface area contributed by atoms with Crippen LogP contribution in [0.15, 0.2) is 73.6 Å². The van der Waals surface area contributed by atoms with Gasteiger partial charge in [0.05, 0.1) is 23.3 Å². The van der Waals surface area contributed by atoms with Crippen LogP contribution >= 0.6 is 0 Å². The largest absolute Gasteiger partial charge is 0.397 e. The first-order valence-electron chi connectivity index (χ1n) is 9.51. The maximum atomic E-state index is 9.44. The summed E-state index contributed by atoms with van der Waals surface area (Å²) in [5, 5.41) is 28.3. The highest BCUT2D eigenvalue weighted by atomic mass is 16.7. The maximum absolute atomic E-state index is 9.44. The van der Waals surface area contributed by atoms with E-state index >= 15 is 0 Å². The molecule has 3 heterocycles. The lowest BCUT2D eigenvalue weighted by atomic mass is 9.98. The number of pyridine rings is 2.